The molecule has 0 saturated carbocycles. The second-order valence-corrected chi connectivity index (χ2v) is 10.7. The van der Waals surface area contributed by atoms with Crippen molar-refractivity contribution in [2.75, 3.05) is 0 Å². The predicted octanol–water partition coefficient (Wildman–Crippen LogP) is 9.12. The topological polar surface area (TPSA) is 9.23 Å². The third-order valence-electron chi connectivity index (χ3n) is 8.44. The Balaban J connectivity index is 1.45. The third-order valence-corrected chi connectivity index (χ3v) is 8.44. The van der Waals surface area contributed by atoms with Crippen molar-refractivity contribution in [1.29, 1.82) is 0 Å². The van der Waals surface area contributed by atoms with Crippen LogP contribution in [0.25, 0.3) is 22.3 Å². The number of hydrogen-bond acceptors (Lipinski definition) is 1. The van der Waals surface area contributed by atoms with Crippen molar-refractivity contribution in [2.45, 2.75) is 31.6 Å². The van der Waals surface area contributed by atoms with Crippen LogP contribution in [0.5, 0.6) is 11.5 Å². The highest BCUT2D eigenvalue weighted by Crippen LogP contribution is 2.55. The highest BCUT2D eigenvalue weighted by Gasteiger charge is 2.40. The Kier molecular flexibility index (Phi) is 4.39. The van der Waals surface area contributed by atoms with E-state index in [0.29, 0.717) is 0 Å². The lowest BCUT2D eigenvalue weighted by atomic mass is 9.69. The van der Waals surface area contributed by atoms with E-state index in [9.17, 15) is 0 Å². The average Bonchev–Trinajstić information content (AvgIpc) is 3.16. The Morgan fingerprint density at radius 3 is 1.97 bits per heavy atom. The van der Waals surface area contributed by atoms with Crippen LogP contribution in [0.4, 0.5) is 0 Å². The fourth-order valence-electron chi connectivity index (χ4n) is 6.50. The van der Waals surface area contributed by atoms with E-state index in [1.165, 1.54) is 50.1 Å². The molecule has 0 saturated heterocycles. The fraction of sp³-hybridized carbons (Fsp3) is 0.143. The van der Waals surface area contributed by atoms with Crippen molar-refractivity contribution in [3.8, 4) is 33.8 Å². The molecule has 5 aromatic carbocycles. The molecule has 174 valence electrons. The zero-order valence-corrected chi connectivity index (χ0v) is 20.9. The van der Waals surface area contributed by atoms with E-state index in [-0.39, 0.29) is 10.8 Å². The summed E-state index contributed by atoms with van der Waals surface area (Å²) in [5.74, 6) is 1.86. The fourth-order valence-corrected chi connectivity index (χ4v) is 6.50. The minimum atomic E-state index is -0.294. The Hall–Kier alpha value is -4.10. The van der Waals surface area contributed by atoms with E-state index < -0.39 is 0 Å². The van der Waals surface area contributed by atoms with Crippen molar-refractivity contribution >= 4 is 0 Å². The second-order valence-electron chi connectivity index (χ2n) is 10.7. The minimum Gasteiger partial charge on any atom is -0.457 e. The van der Waals surface area contributed by atoms with Gasteiger partial charge in [0.05, 0.1) is 0 Å². The maximum absolute atomic E-state index is 6.59. The molecule has 7 rings (SSSR count). The SMILES string of the molecule is CC1(C)c2ccccc2-c2c(-c3ccc4c(c3)Oc3ccccc3C4(C)c3ccccc3)cccc21. The van der Waals surface area contributed by atoms with Crippen LogP contribution in [0, 0.1) is 0 Å². The summed E-state index contributed by atoms with van der Waals surface area (Å²) < 4.78 is 6.59. The molecule has 1 nitrogen and oxygen atoms in total. The van der Waals surface area contributed by atoms with Crippen LogP contribution in [0.3, 0.4) is 0 Å². The first-order chi connectivity index (χ1) is 17.5. The zero-order valence-electron chi connectivity index (χ0n) is 20.9. The monoisotopic (exact) mass is 464 g/mol. The van der Waals surface area contributed by atoms with Gasteiger partial charge in [-0.2, -0.15) is 0 Å². The molecule has 1 heterocycles. The molecule has 1 unspecified atom stereocenters. The smallest absolute Gasteiger partial charge is 0.132 e. The molecule has 0 radical (unpaired) electrons. The minimum absolute atomic E-state index is 0.0164. The van der Waals surface area contributed by atoms with Gasteiger partial charge in [0.2, 0.25) is 0 Å². The third kappa shape index (κ3) is 2.77. The van der Waals surface area contributed by atoms with Gasteiger partial charge in [-0.1, -0.05) is 117 Å². The maximum atomic E-state index is 6.59. The standard InChI is InChI=1S/C35H28O/c1-34(2)27-16-8-7-14-26(27)33-25(15-11-18-30(33)34)23-20-21-29-32(22-23)36-31-19-10-9-17-28(31)35(29,3)24-12-5-4-6-13-24/h4-22H,1-3H3. The van der Waals surface area contributed by atoms with Crippen LogP contribution in [0.2, 0.25) is 0 Å². The number of ether oxygens (including phenoxy) is 1. The van der Waals surface area contributed by atoms with E-state index in [1.807, 2.05) is 0 Å². The molecule has 0 aromatic heterocycles. The van der Waals surface area contributed by atoms with Crippen molar-refractivity contribution in [1.82, 2.24) is 0 Å². The molecule has 1 aliphatic heterocycles. The zero-order chi connectivity index (χ0) is 24.5. The molecule has 1 aliphatic carbocycles. The van der Waals surface area contributed by atoms with Crippen LogP contribution in [-0.2, 0) is 10.8 Å². The molecular formula is C35H28O. The number of benzene rings is 5. The van der Waals surface area contributed by atoms with Gasteiger partial charge in [-0.05, 0) is 58.0 Å². The molecule has 0 fully saturated rings. The first-order valence-corrected chi connectivity index (χ1v) is 12.7. The normalized spacial score (nSPS) is 18.4. The van der Waals surface area contributed by atoms with Crippen LogP contribution < -0.4 is 4.74 Å². The van der Waals surface area contributed by atoms with Crippen molar-refractivity contribution in [3.05, 3.63) is 143 Å². The van der Waals surface area contributed by atoms with Gasteiger partial charge in [-0.25, -0.2) is 0 Å². The van der Waals surface area contributed by atoms with Crippen LogP contribution in [0.1, 0.15) is 48.6 Å². The van der Waals surface area contributed by atoms with Crippen LogP contribution >= 0.6 is 0 Å². The quantitative estimate of drug-likeness (QED) is 0.253. The van der Waals surface area contributed by atoms with E-state index in [1.54, 1.807) is 0 Å². The van der Waals surface area contributed by atoms with E-state index in [0.717, 1.165) is 11.5 Å². The molecule has 5 aromatic rings. The molecule has 0 bridgehead atoms. The summed E-state index contributed by atoms with van der Waals surface area (Å²) in [5, 5.41) is 0. The summed E-state index contributed by atoms with van der Waals surface area (Å²) in [4.78, 5) is 0. The molecule has 0 N–H and O–H groups in total. The van der Waals surface area contributed by atoms with Gasteiger partial charge in [0.1, 0.15) is 11.5 Å². The lowest BCUT2D eigenvalue weighted by Gasteiger charge is -2.38. The van der Waals surface area contributed by atoms with Gasteiger partial charge in [0, 0.05) is 22.0 Å². The first-order valence-electron chi connectivity index (χ1n) is 12.7. The molecule has 1 heteroatoms. The van der Waals surface area contributed by atoms with E-state index >= 15 is 0 Å². The molecule has 2 aliphatic rings. The van der Waals surface area contributed by atoms with Crippen molar-refractivity contribution < 1.29 is 4.74 Å². The Bertz CT molecular complexity index is 1640. The molecule has 36 heavy (non-hydrogen) atoms. The Labute approximate surface area is 213 Å². The van der Waals surface area contributed by atoms with Crippen LogP contribution in [0.15, 0.2) is 115 Å². The number of rotatable bonds is 2. The average molecular weight is 465 g/mol. The summed E-state index contributed by atoms with van der Waals surface area (Å²) in [7, 11) is 0. The largest absolute Gasteiger partial charge is 0.457 e. The second kappa shape index (κ2) is 7.45. The van der Waals surface area contributed by atoms with Gasteiger partial charge in [-0.15, -0.1) is 0 Å². The van der Waals surface area contributed by atoms with E-state index in [2.05, 4.69) is 136 Å². The summed E-state index contributed by atoms with van der Waals surface area (Å²) in [6.45, 7) is 6.99. The number of para-hydroxylation sites is 1. The van der Waals surface area contributed by atoms with Gasteiger partial charge >= 0.3 is 0 Å². The molecular weight excluding hydrogens is 436 g/mol. The van der Waals surface area contributed by atoms with Gasteiger partial charge in [-0.3, -0.25) is 0 Å². The van der Waals surface area contributed by atoms with Gasteiger partial charge in [0.15, 0.2) is 0 Å². The Morgan fingerprint density at radius 1 is 0.500 bits per heavy atom. The van der Waals surface area contributed by atoms with Crippen LogP contribution in [-0.4, -0.2) is 0 Å². The molecule has 1 atom stereocenters. The van der Waals surface area contributed by atoms with Crippen molar-refractivity contribution in [3.63, 3.8) is 0 Å². The van der Waals surface area contributed by atoms with Gasteiger partial charge in [0.25, 0.3) is 0 Å². The Morgan fingerprint density at radius 2 is 1.14 bits per heavy atom. The number of hydrogen-bond donors (Lipinski definition) is 0. The highest BCUT2D eigenvalue weighted by molar-refractivity contribution is 5.93. The van der Waals surface area contributed by atoms with Gasteiger partial charge < -0.3 is 4.74 Å². The summed E-state index contributed by atoms with van der Waals surface area (Å²) in [6.07, 6.45) is 0. The molecule has 0 amide bonds. The lowest BCUT2D eigenvalue weighted by Crippen LogP contribution is -2.29. The summed E-state index contributed by atoms with van der Waals surface area (Å²) in [5.41, 5.74) is 11.3. The van der Waals surface area contributed by atoms with Crippen molar-refractivity contribution in [2.24, 2.45) is 0 Å². The predicted molar refractivity (Wildman–Crippen MR) is 148 cm³/mol. The summed E-state index contributed by atoms with van der Waals surface area (Å²) in [6, 6.07) is 41.6. The number of fused-ring (bicyclic) bond motifs is 5. The molecule has 0 spiro atoms. The maximum Gasteiger partial charge on any atom is 0.132 e. The summed E-state index contributed by atoms with van der Waals surface area (Å²) >= 11 is 0. The highest BCUT2D eigenvalue weighted by atomic mass is 16.5. The lowest BCUT2D eigenvalue weighted by molar-refractivity contribution is 0.427. The first kappa shape index (κ1) is 21.2. The van der Waals surface area contributed by atoms with E-state index in [4.69, 9.17) is 4.74 Å².